The lowest BCUT2D eigenvalue weighted by atomic mass is 10.1. The first-order chi connectivity index (χ1) is 16.0. The molecule has 1 atom stereocenters. The van der Waals surface area contributed by atoms with Gasteiger partial charge in [-0.25, -0.2) is 4.98 Å². The van der Waals surface area contributed by atoms with E-state index in [-0.39, 0.29) is 11.7 Å². The van der Waals surface area contributed by atoms with Crippen LogP contribution < -0.4 is 5.32 Å². The Morgan fingerprint density at radius 1 is 1.03 bits per heavy atom. The average Bonchev–Trinajstić information content (AvgIpc) is 3.20. The molecule has 4 rings (SSSR count). The number of rotatable bonds is 8. The van der Waals surface area contributed by atoms with Gasteiger partial charge in [0.05, 0.1) is 22.2 Å². The van der Waals surface area contributed by atoms with Crippen LogP contribution in [-0.2, 0) is 23.0 Å². The highest BCUT2D eigenvalue weighted by molar-refractivity contribution is 7.84. The van der Waals surface area contributed by atoms with E-state index in [1.54, 1.807) is 24.5 Å². The Morgan fingerprint density at radius 3 is 2.48 bits per heavy atom. The van der Waals surface area contributed by atoms with Gasteiger partial charge in [-0.3, -0.25) is 14.0 Å². The monoisotopic (exact) mass is 459 g/mol. The van der Waals surface area contributed by atoms with Crippen LogP contribution in [0.1, 0.15) is 32.9 Å². The van der Waals surface area contributed by atoms with Gasteiger partial charge in [-0.05, 0) is 68.3 Å². The van der Waals surface area contributed by atoms with Crippen LogP contribution in [0.5, 0.6) is 0 Å². The molecular weight excluding hydrogens is 434 g/mol. The van der Waals surface area contributed by atoms with Crippen LogP contribution in [-0.4, -0.2) is 26.6 Å². The topological polar surface area (TPSA) is 85.1 Å². The van der Waals surface area contributed by atoms with Crippen LogP contribution in [0, 0.1) is 13.8 Å². The Kier molecular flexibility index (Phi) is 7.10. The molecule has 6 nitrogen and oxygen atoms in total. The number of benzene rings is 2. The number of carbonyl (C=O) groups is 1. The lowest BCUT2D eigenvalue weighted by molar-refractivity contribution is 0.0954. The molecule has 0 bridgehead atoms. The van der Waals surface area contributed by atoms with Crippen LogP contribution >= 0.6 is 0 Å². The fraction of sp³-hybridized carbons (Fsp3) is 0.192. The van der Waals surface area contributed by atoms with Gasteiger partial charge in [0.1, 0.15) is 5.76 Å². The molecule has 0 saturated carbocycles. The Labute approximate surface area is 195 Å². The molecule has 1 unspecified atom stereocenters. The molecule has 0 saturated heterocycles. The summed E-state index contributed by atoms with van der Waals surface area (Å²) >= 11 is 0. The van der Waals surface area contributed by atoms with E-state index in [9.17, 15) is 9.00 Å². The summed E-state index contributed by atoms with van der Waals surface area (Å²) in [5, 5.41) is 2.92. The average molecular weight is 460 g/mol. The van der Waals surface area contributed by atoms with E-state index in [4.69, 9.17) is 4.42 Å². The second-order valence-corrected chi connectivity index (χ2v) is 9.22. The van der Waals surface area contributed by atoms with E-state index >= 15 is 0 Å². The number of oxazole rings is 1. The highest BCUT2D eigenvalue weighted by Gasteiger charge is 2.16. The maximum Gasteiger partial charge on any atom is 0.251 e. The number of pyridine rings is 1. The minimum Gasteiger partial charge on any atom is -0.441 e. The van der Waals surface area contributed by atoms with Crippen LogP contribution in [0.3, 0.4) is 0 Å². The molecule has 7 heteroatoms. The molecule has 4 aromatic rings. The van der Waals surface area contributed by atoms with Gasteiger partial charge < -0.3 is 9.73 Å². The number of aryl methyl sites for hydroxylation is 2. The third kappa shape index (κ3) is 5.81. The van der Waals surface area contributed by atoms with Crippen molar-refractivity contribution in [1.82, 2.24) is 15.3 Å². The predicted molar refractivity (Wildman–Crippen MR) is 128 cm³/mol. The van der Waals surface area contributed by atoms with Crippen molar-refractivity contribution in [3.8, 4) is 11.5 Å². The second kappa shape index (κ2) is 10.4. The molecule has 0 radical (unpaired) electrons. The number of nitrogens with one attached hydrogen (secondary N) is 1. The molecule has 0 aliphatic heterocycles. The first kappa shape index (κ1) is 22.6. The van der Waals surface area contributed by atoms with Crippen LogP contribution in [0.4, 0.5) is 0 Å². The van der Waals surface area contributed by atoms with Gasteiger partial charge >= 0.3 is 0 Å². The normalized spacial score (nSPS) is 11.8. The lowest BCUT2D eigenvalue weighted by Crippen LogP contribution is -2.25. The number of hydrogen-bond donors (Lipinski definition) is 1. The van der Waals surface area contributed by atoms with Crippen molar-refractivity contribution in [2.75, 3.05) is 6.54 Å². The Bertz CT molecular complexity index is 1250. The van der Waals surface area contributed by atoms with E-state index < -0.39 is 10.8 Å². The van der Waals surface area contributed by atoms with Gasteiger partial charge in [0.25, 0.3) is 5.91 Å². The molecule has 0 spiro atoms. The Balaban J connectivity index is 1.38. The summed E-state index contributed by atoms with van der Waals surface area (Å²) in [5.74, 6) is 1.24. The Hall–Kier alpha value is -3.58. The van der Waals surface area contributed by atoms with E-state index in [0.717, 1.165) is 28.0 Å². The fourth-order valence-electron chi connectivity index (χ4n) is 3.32. The molecule has 0 fully saturated rings. The van der Waals surface area contributed by atoms with Crippen molar-refractivity contribution in [3.05, 3.63) is 101 Å². The summed E-state index contributed by atoms with van der Waals surface area (Å²) < 4.78 is 18.5. The predicted octanol–water partition coefficient (Wildman–Crippen LogP) is 4.63. The zero-order chi connectivity index (χ0) is 23.2. The van der Waals surface area contributed by atoms with Gasteiger partial charge in [0.15, 0.2) is 0 Å². The summed E-state index contributed by atoms with van der Waals surface area (Å²) in [6.45, 7) is 4.35. The molecular formula is C26H25N3O3S. The van der Waals surface area contributed by atoms with Gasteiger partial charge in [-0.15, -0.1) is 0 Å². The van der Waals surface area contributed by atoms with Gasteiger partial charge in [0, 0.05) is 35.0 Å². The standard InChI is InChI=1S/C26H25N3O3S/c1-18-5-11-23(12-6-18)33(31)17-24-19(2)32-26(29-24)22-9-7-21(8-10-22)25(30)28-15-13-20-4-3-14-27-16-20/h3-12,14,16H,13,15,17H2,1-2H3,(H,28,30). The molecule has 1 N–H and O–H groups in total. The highest BCUT2D eigenvalue weighted by atomic mass is 32.2. The summed E-state index contributed by atoms with van der Waals surface area (Å²) in [5.41, 5.74) is 4.19. The smallest absolute Gasteiger partial charge is 0.251 e. The van der Waals surface area contributed by atoms with Crippen LogP contribution in [0.15, 0.2) is 82.4 Å². The summed E-state index contributed by atoms with van der Waals surface area (Å²) in [7, 11) is -1.20. The zero-order valence-electron chi connectivity index (χ0n) is 18.6. The lowest BCUT2D eigenvalue weighted by Gasteiger charge is -2.05. The van der Waals surface area contributed by atoms with E-state index in [1.165, 1.54) is 0 Å². The minimum atomic E-state index is -1.20. The first-order valence-electron chi connectivity index (χ1n) is 10.7. The largest absolute Gasteiger partial charge is 0.441 e. The number of nitrogens with zero attached hydrogens (tertiary/aromatic N) is 2. The van der Waals surface area contributed by atoms with E-state index in [1.807, 2.05) is 62.4 Å². The maximum atomic E-state index is 12.7. The third-order valence-corrected chi connectivity index (χ3v) is 6.59. The molecule has 33 heavy (non-hydrogen) atoms. The summed E-state index contributed by atoms with van der Waals surface area (Å²) in [6.07, 6.45) is 4.25. The number of amides is 1. The minimum absolute atomic E-state index is 0.136. The SMILES string of the molecule is Cc1ccc(S(=O)Cc2nc(-c3ccc(C(=O)NCCc4cccnc4)cc3)oc2C)cc1. The van der Waals surface area contributed by atoms with Gasteiger partial charge in [0.2, 0.25) is 5.89 Å². The third-order valence-electron chi connectivity index (χ3n) is 5.26. The Morgan fingerprint density at radius 2 is 1.79 bits per heavy atom. The van der Waals surface area contributed by atoms with Crippen LogP contribution in [0.2, 0.25) is 0 Å². The highest BCUT2D eigenvalue weighted by Crippen LogP contribution is 2.24. The maximum absolute atomic E-state index is 12.7. The second-order valence-electron chi connectivity index (χ2n) is 7.77. The van der Waals surface area contributed by atoms with E-state index in [0.29, 0.717) is 29.5 Å². The summed E-state index contributed by atoms with van der Waals surface area (Å²) in [4.78, 5) is 21.8. The van der Waals surface area contributed by atoms with Crippen molar-refractivity contribution in [2.45, 2.75) is 30.9 Å². The number of hydrogen-bond acceptors (Lipinski definition) is 5. The fourth-order valence-corrected chi connectivity index (χ4v) is 4.44. The van der Waals surface area contributed by atoms with E-state index in [2.05, 4.69) is 15.3 Å². The molecule has 2 heterocycles. The number of aromatic nitrogens is 2. The van der Waals surface area contributed by atoms with Crippen molar-refractivity contribution < 1.29 is 13.4 Å². The summed E-state index contributed by atoms with van der Waals surface area (Å²) in [6, 6.07) is 18.6. The van der Waals surface area contributed by atoms with Crippen molar-refractivity contribution >= 4 is 16.7 Å². The molecule has 0 aliphatic carbocycles. The van der Waals surface area contributed by atoms with Gasteiger partial charge in [-0.1, -0.05) is 23.8 Å². The van der Waals surface area contributed by atoms with Crippen molar-refractivity contribution in [1.29, 1.82) is 0 Å². The van der Waals surface area contributed by atoms with Crippen molar-refractivity contribution in [3.63, 3.8) is 0 Å². The first-order valence-corrected chi connectivity index (χ1v) is 12.0. The molecule has 2 aromatic carbocycles. The van der Waals surface area contributed by atoms with Gasteiger partial charge in [-0.2, -0.15) is 0 Å². The molecule has 2 aromatic heterocycles. The molecule has 0 aliphatic rings. The van der Waals surface area contributed by atoms with Crippen molar-refractivity contribution in [2.24, 2.45) is 0 Å². The number of carbonyl (C=O) groups excluding carboxylic acids is 1. The zero-order valence-corrected chi connectivity index (χ0v) is 19.4. The molecule has 168 valence electrons. The quantitative estimate of drug-likeness (QED) is 0.415. The molecule has 1 amide bonds. The van der Waals surface area contributed by atoms with Crippen LogP contribution in [0.25, 0.3) is 11.5 Å².